The van der Waals surface area contributed by atoms with E-state index in [9.17, 15) is 139 Å². The third-order valence-corrected chi connectivity index (χ3v) is 23.7. The Morgan fingerprint density at radius 3 is 1.15 bits per heavy atom. The molecular formula is C80H134F3N23O29S2. The SMILES string of the molecule is CC[C@H](C)[C@H](NC(=O)[C@H](CCCCN)NC(=O)[C@H](CCCN=C(N)N)NC(=O)[C@H](CO)NC(=O)[C@@H](NC(=O)[C@@H](NC(=O)[C@H](CS)NC(=O)[C@H](CC(=O)O)NC(=O)[C@H](CO)NC(=O)[C@H](CC(N)=O)NC(=O)CCCC[C@@H]1SC[C@@H]2NC(=O)N[C@@H]21)[C@@H](C)CC)[C@@H](C)CC)C(=O)N[C@@H](CCC(=O)O)C(=O)N[C@@H](CCC(N)=O)C(=O)N[C@@H](CCCCN)C(=O)N[C@@H](CCC(=O)O)C(=O)O.O=C(O)C(F)(F)F. The Morgan fingerprint density at radius 2 is 0.759 bits per heavy atom. The zero-order chi connectivity index (χ0) is 104. The number of thioether (sulfide) groups is 1. The summed E-state index contributed by atoms with van der Waals surface area (Å²) in [5.74, 6) is -29.1. The van der Waals surface area contributed by atoms with Gasteiger partial charge in [-0.3, -0.25) is 96.1 Å². The number of amides is 18. The number of nitrogens with one attached hydrogen (secondary N) is 16. The van der Waals surface area contributed by atoms with Gasteiger partial charge in [0.25, 0.3) is 0 Å². The highest BCUT2D eigenvalue weighted by Crippen LogP contribution is 2.33. The van der Waals surface area contributed by atoms with Crippen LogP contribution < -0.4 is 119 Å². The Morgan fingerprint density at radius 1 is 0.416 bits per heavy atom. The minimum absolute atomic E-state index is 0.0176. The fourth-order valence-electron chi connectivity index (χ4n) is 13.4. The molecule has 20 atom stereocenters. The highest BCUT2D eigenvalue weighted by atomic mass is 32.2. The van der Waals surface area contributed by atoms with E-state index in [1.807, 2.05) is 0 Å². The maximum atomic E-state index is 14.7. The summed E-state index contributed by atoms with van der Waals surface area (Å²) < 4.78 is 31.7. The highest BCUT2D eigenvalue weighted by Gasteiger charge is 2.45. The molecule has 776 valence electrons. The molecule has 137 heavy (non-hydrogen) atoms. The quantitative estimate of drug-likeness (QED) is 0.00884. The number of hydrogen-bond acceptors (Lipinski definition) is 29. The molecule has 2 rings (SSSR count). The first-order valence-corrected chi connectivity index (χ1v) is 45.9. The van der Waals surface area contributed by atoms with Gasteiger partial charge >= 0.3 is 42.1 Å². The molecule has 52 nitrogen and oxygen atoms in total. The van der Waals surface area contributed by atoms with Crippen LogP contribution in [-0.2, 0) is 101 Å². The van der Waals surface area contributed by atoms with Crippen LogP contribution in [0.5, 0.6) is 0 Å². The van der Waals surface area contributed by atoms with E-state index >= 15 is 0 Å². The molecule has 35 N–H and O–H groups in total. The number of urea groups is 1. The summed E-state index contributed by atoms with van der Waals surface area (Å²) in [7, 11) is 0. The van der Waals surface area contributed by atoms with Crippen molar-refractivity contribution < 1.29 is 154 Å². The number of hydrogen-bond donors (Lipinski definition) is 30. The number of carboxylic acid groups (broad SMARTS) is 5. The van der Waals surface area contributed by atoms with Crippen LogP contribution in [0.4, 0.5) is 18.0 Å². The molecule has 2 fully saturated rings. The number of nitrogens with zero attached hydrogens (tertiary/aromatic N) is 1. The number of halogens is 3. The van der Waals surface area contributed by atoms with E-state index in [4.69, 9.17) is 49.4 Å². The number of fused-ring (bicyclic) bond motifs is 1. The molecule has 57 heteroatoms. The molecule has 2 heterocycles. The van der Waals surface area contributed by atoms with Gasteiger partial charge in [-0.25, -0.2) is 14.4 Å². The van der Waals surface area contributed by atoms with Crippen LogP contribution in [0.3, 0.4) is 0 Å². The second kappa shape index (κ2) is 63.9. The van der Waals surface area contributed by atoms with Gasteiger partial charge in [0, 0.05) is 49.0 Å². The number of rotatable bonds is 67. The minimum atomic E-state index is -5.08. The first-order chi connectivity index (χ1) is 64.3. The summed E-state index contributed by atoms with van der Waals surface area (Å²) >= 11 is 5.86. The lowest BCUT2D eigenvalue weighted by Gasteiger charge is -2.31. The van der Waals surface area contributed by atoms with E-state index in [0.29, 0.717) is 31.4 Å². The Hall–Kier alpha value is -12.3. The first kappa shape index (κ1) is 123. The molecule has 0 saturated carbocycles. The number of nitrogens with two attached hydrogens (primary N) is 6. The second-order valence-corrected chi connectivity index (χ2v) is 34.2. The molecule has 0 unspecified atom stereocenters. The Bertz CT molecular complexity index is 4150. The molecule has 0 radical (unpaired) electrons. The van der Waals surface area contributed by atoms with Crippen molar-refractivity contribution in [1.82, 2.24) is 85.1 Å². The van der Waals surface area contributed by atoms with E-state index in [0.717, 1.165) is 0 Å². The van der Waals surface area contributed by atoms with Crippen molar-refractivity contribution in [2.45, 2.75) is 297 Å². The largest absolute Gasteiger partial charge is 0.490 e. The van der Waals surface area contributed by atoms with Crippen LogP contribution in [0.2, 0.25) is 0 Å². The zero-order valence-electron chi connectivity index (χ0n) is 76.8. The molecule has 0 aromatic carbocycles. The minimum Gasteiger partial charge on any atom is -0.481 e. The third-order valence-electron chi connectivity index (χ3n) is 21.8. The summed E-state index contributed by atoms with van der Waals surface area (Å²) in [5.41, 5.74) is 33.4. The Kier molecular flexibility index (Phi) is 57.3. The lowest BCUT2D eigenvalue weighted by molar-refractivity contribution is -0.192. The van der Waals surface area contributed by atoms with Crippen LogP contribution >= 0.6 is 24.4 Å². The molecule has 18 amide bonds. The number of aliphatic hydroxyl groups excluding tert-OH is 2. The van der Waals surface area contributed by atoms with Crippen molar-refractivity contribution >= 4 is 161 Å². The lowest BCUT2D eigenvalue weighted by atomic mass is 9.94. The number of carbonyl (C=O) groups excluding carboxylic acids is 17. The van der Waals surface area contributed by atoms with Crippen molar-refractivity contribution in [3.05, 3.63) is 0 Å². The van der Waals surface area contributed by atoms with E-state index < -0.39 is 303 Å². The summed E-state index contributed by atoms with van der Waals surface area (Å²) in [6.45, 7) is 7.17. The molecule has 2 aliphatic rings. The van der Waals surface area contributed by atoms with Crippen LogP contribution in [0.15, 0.2) is 4.99 Å². The van der Waals surface area contributed by atoms with Gasteiger partial charge in [-0.15, -0.1) is 0 Å². The molecule has 2 aliphatic heterocycles. The van der Waals surface area contributed by atoms with Crippen LogP contribution in [0.1, 0.15) is 189 Å². The second-order valence-electron chi connectivity index (χ2n) is 32.6. The van der Waals surface area contributed by atoms with Gasteiger partial charge in [0.1, 0.15) is 84.6 Å². The monoisotopic (exact) mass is 2000 g/mol. The molecule has 0 spiro atoms. The number of aliphatic hydroxyl groups is 2. The molecular weight excluding hydrogens is 1870 g/mol. The van der Waals surface area contributed by atoms with Gasteiger partial charge in [0.2, 0.25) is 94.5 Å². The highest BCUT2D eigenvalue weighted by molar-refractivity contribution is 8.00. The Balaban J connectivity index is 0.0000129. The summed E-state index contributed by atoms with van der Waals surface area (Å²) in [5, 5.41) is 106. The lowest BCUT2D eigenvalue weighted by Crippen LogP contribution is -2.63. The number of guanidine groups is 1. The number of unbranched alkanes of at least 4 members (excludes halogenated alkanes) is 3. The van der Waals surface area contributed by atoms with Crippen LogP contribution in [-0.4, -0.2) is 325 Å². The predicted molar refractivity (Wildman–Crippen MR) is 483 cm³/mol. The van der Waals surface area contributed by atoms with Crippen molar-refractivity contribution in [1.29, 1.82) is 0 Å². The average Bonchev–Trinajstić information content (AvgIpc) is 1.68. The maximum absolute atomic E-state index is 14.7. The third kappa shape index (κ3) is 46.9. The van der Waals surface area contributed by atoms with Crippen molar-refractivity contribution in [2.75, 3.05) is 44.4 Å². The van der Waals surface area contributed by atoms with Crippen molar-refractivity contribution in [2.24, 2.45) is 57.1 Å². The molecule has 2 saturated heterocycles. The molecule has 0 bridgehead atoms. The summed E-state index contributed by atoms with van der Waals surface area (Å²) in [6.07, 6.45) is -8.84. The van der Waals surface area contributed by atoms with Gasteiger partial charge in [-0.05, 0) is 114 Å². The predicted octanol–water partition coefficient (Wildman–Crippen LogP) is -8.07. The molecule has 0 aromatic heterocycles. The molecule has 0 aromatic rings. The van der Waals surface area contributed by atoms with E-state index in [2.05, 4.69) is 103 Å². The number of thiol groups is 1. The fourth-order valence-corrected chi connectivity index (χ4v) is 15.2. The van der Waals surface area contributed by atoms with Gasteiger partial charge in [0.15, 0.2) is 5.96 Å². The van der Waals surface area contributed by atoms with Gasteiger partial charge in [-0.1, -0.05) is 67.2 Å². The number of alkyl halides is 3. The van der Waals surface area contributed by atoms with Crippen molar-refractivity contribution in [3.63, 3.8) is 0 Å². The number of primary amides is 2. The van der Waals surface area contributed by atoms with Crippen LogP contribution in [0, 0.1) is 17.8 Å². The normalized spacial score (nSPS) is 17.3. The van der Waals surface area contributed by atoms with E-state index in [-0.39, 0.29) is 120 Å². The van der Waals surface area contributed by atoms with Crippen LogP contribution in [0.25, 0.3) is 0 Å². The van der Waals surface area contributed by atoms with Crippen molar-refractivity contribution in [3.8, 4) is 0 Å². The topological polar surface area (TPSA) is 878 Å². The number of carbonyl (C=O) groups is 22. The molecule has 0 aliphatic carbocycles. The number of aliphatic carboxylic acids is 5. The van der Waals surface area contributed by atoms with E-state index in [1.165, 1.54) is 20.8 Å². The maximum Gasteiger partial charge on any atom is 0.490 e. The van der Waals surface area contributed by atoms with Gasteiger partial charge in [-0.2, -0.15) is 37.6 Å². The number of carboxylic acids is 5. The smallest absolute Gasteiger partial charge is 0.481 e. The van der Waals surface area contributed by atoms with E-state index in [1.54, 1.807) is 32.5 Å². The van der Waals surface area contributed by atoms with Gasteiger partial charge < -0.3 is 155 Å². The standard InChI is InChI=1S/C78H133N23O27S2.C2HF3O2/c1-7-37(4)59(73(123)91-44(23-26-56(107)108)66(116)90-43(22-25-53(81)104)65(115)87-40(17-12-14-28-79)64(114)92-45(76(126)127)24-27-57(109)110)98-67(117)41(18-13-15-29-80)88-63(113)42(19-16-30-85-77(83)84)89-70(120)49(34-103)95-74(124)60(38(5)8-2)100-75(125)61(39(6)9-3)99-72(122)50(35-129)96-69(119)47(32-58(111)112)93-71(121)48(33-102)94-68(118)46(31-54(82)105)86-55(106)21-11-10-20-52-62-51(36-130-52)97-78(128)101-62;3-2(4,5)1(6)7/h37-52,59-62,102-103,129H,7-36,79-80H2,1-6H3,(H2,81,104)(H2,82,105)(H,86,106)(H,87,115)(H,88,113)(H,89,120)(H,90,116)(H,91,123)(H,92,114)(H,93,121)(H,94,118)(H,95,124)(H,96,119)(H,98,117)(H,99,122)(H,100,125)(H,107,108)(H,109,110)(H,111,112)(H,126,127)(H4,83,84,85)(H2,97,101,128);(H,6,7)/t37-,38-,39-,40-,41-,42-,43-,44-,45-,46-,47-,48-,49-,50-,51-,52-,59-,60-,61-,62-;/m0./s1. The zero-order valence-corrected chi connectivity index (χ0v) is 78.5. The van der Waals surface area contributed by atoms with Gasteiger partial charge in [0.05, 0.1) is 38.1 Å². The summed E-state index contributed by atoms with van der Waals surface area (Å²) in [6, 6.07) is -24.6. The first-order valence-electron chi connectivity index (χ1n) is 44.2. The number of aliphatic imine (C=N–C) groups is 1. The Labute approximate surface area is 795 Å². The summed E-state index contributed by atoms with van der Waals surface area (Å²) in [4.78, 5) is 294. The average molecular weight is 2000 g/mol. The fraction of sp³-hybridized carbons (Fsp3) is 0.713.